The third kappa shape index (κ3) is 24.9. The molecule has 0 spiro atoms. The van der Waals surface area contributed by atoms with E-state index in [1.54, 1.807) is 30.3 Å². The fourth-order valence-electron chi connectivity index (χ4n) is 5.78. The number of hydrogen-bond donors (Lipinski definition) is 12. The Bertz CT molecular complexity index is 1620. The molecular weight excluding hydrogens is 830 g/mol. The van der Waals surface area contributed by atoms with E-state index in [1.165, 1.54) is 0 Å². The van der Waals surface area contributed by atoms with Crippen LogP contribution in [0.25, 0.3) is 0 Å². The van der Waals surface area contributed by atoms with Gasteiger partial charge in [0.15, 0.2) is 5.96 Å². The first-order chi connectivity index (χ1) is 30.3. The molecule has 4 atom stereocenters. The molecule has 1 aromatic carbocycles. The molecule has 0 aliphatic carbocycles. The second-order valence-corrected chi connectivity index (χ2v) is 14.1. The average Bonchev–Trinajstić information content (AvgIpc) is 3.24. The Kier molecular flexibility index (Phi) is 26.9. The van der Waals surface area contributed by atoms with Gasteiger partial charge in [-0.1, -0.05) is 30.3 Å². The highest BCUT2D eigenvalue weighted by molar-refractivity contribution is 5.98. The van der Waals surface area contributed by atoms with Gasteiger partial charge in [0.2, 0.25) is 41.4 Å². The number of carboxylic acid groups (broad SMARTS) is 1. The predicted octanol–water partition coefficient (Wildman–Crippen LogP) is -4.54. The molecule has 63 heavy (non-hydrogen) atoms. The van der Waals surface area contributed by atoms with Crippen LogP contribution >= 0.6 is 0 Å². The normalized spacial score (nSPS) is 18.6. The number of guanidine groups is 1. The average molecular weight is 894 g/mol. The Hall–Kier alpha value is -5.95. The Labute approximate surface area is 365 Å². The molecule has 2 rings (SSSR count). The highest BCUT2D eigenvalue weighted by Gasteiger charge is 2.33. The van der Waals surface area contributed by atoms with Crippen molar-refractivity contribution >= 4 is 53.3 Å². The lowest BCUT2D eigenvalue weighted by Gasteiger charge is -2.26. The highest BCUT2D eigenvalue weighted by Crippen LogP contribution is 2.09. The Balaban J connectivity index is 2.00. The summed E-state index contributed by atoms with van der Waals surface area (Å²) in [6.07, 6.45) is 0.0848. The number of hydrogen-bond acceptors (Lipinski definition) is 14. The minimum absolute atomic E-state index is 0.0281. The summed E-state index contributed by atoms with van der Waals surface area (Å²) in [6, 6.07) is 3.20. The quantitative estimate of drug-likeness (QED) is 0.0214. The van der Waals surface area contributed by atoms with Crippen molar-refractivity contribution in [2.45, 2.75) is 69.1 Å². The number of carbonyl (C=O) groups is 8. The summed E-state index contributed by atoms with van der Waals surface area (Å²) >= 11 is 0. The minimum atomic E-state index is -1.61. The third-order valence-electron chi connectivity index (χ3n) is 8.90. The summed E-state index contributed by atoms with van der Waals surface area (Å²) in [5, 5.41) is 37.3. The van der Waals surface area contributed by atoms with Crippen LogP contribution in [0.1, 0.15) is 44.1 Å². The van der Waals surface area contributed by atoms with Gasteiger partial charge in [-0.25, -0.2) is 0 Å². The maximum Gasteiger partial charge on any atom is 0.305 e. The molecule has 1 heterocycles. The number of rotatable bonds is 28. The standard InChI is InChI=1S/C39H63N11O13/c40-11-15-60-17-19-62-25-33(53)44-14-16-61-18-20-63-24-32(52)43-12-5-4-9-28-36(57)48-27(10-6-13-45-39(41)42)35(56)46-23-31(51)47-30(22-34(54)55)38(59)50-29(37(58)49-28)21-26-7-2-1-3-8-26/h1-3,7-8,27-30H,4-6,9-25,40H2,(H,43,52)(H,44,53)(H,46,56)(H,47,51)(H,48,57)(H,49,58)(H,50,59)(H,54,55)(H4,41,42,45)/t27-,28-,29-,30-/m0/s1. The second-order valence-electron chi connectivity index (χ2n) is 14.1. The van der Waals surface area contributed by atoms with Crippen molar-refractivity contribution in [2.24, 2.45) is 11.5 Å². The Morgan fingerprint density at radius 1 is 0.651 bits per heavy atom. The van der Waals surface area contributed by atoms with Gasteiger partial charge in [0.05, 0.1) is 52.6 Å². The van der Waals surface area contributed by atoms with Crippen LogP contribution in [-0.2, 0) is 63.7 Å². The van der Waals surface area contributed by atoms with Crippen molar-refractivity contribution in [3.05, 3.63) is 35.9 Å². The maximum atomic E-state index is 13.9. The number of amides is 7. The number of benzene rings is 1. The molecule has 1 fully saturated rings. The molecule has 1 aliphatic heterocycles. The van der Waals surface area contributed by atoms with Crippen molar-refractivity contribution in [1.82, 2.24) is 42.5 Å². The van der Waals surface area contributed by atoms with Crippen LogP contribution in [0.15, 0.2) is 30.3 Å². The van der Waals surface area contributed by atoms with E-state index >= 15 is 0 Å². The van der Waals surface area contributed by atoms with Gasteiger partial charge in [-0.3, -0.25) is 43.8 Å². The van der Waals surface area contributed by atoms with Crippen LogP contribution in [0.4, 0.5) is 0 Å². The molecule has 0 saturated carbocycles. The zero-order chi connectivity index (χ0) is 46.2. The van der Waals surface area contributed by atoms with Gasteiger partial charge in [0.25, 0.3) is 0 Å². The molecule has 14 N–H and O–H groups in total. The van der Waals surface area contributed by atoms with Gasteiger partial charge < -0.3 is 78.1 Å². The molecule has 24 heteroatoms. The van der Waals surface area contributed by atoms with Crippen molar-refractivity contribution in [3.63, 3.8) is 0 Å². The fourth-order valence-corrected chi connectivity index (χ4v) is 5.78. The van der Waals surface area contributed by atoms with E-state index in [2.05, 4.69) is 42.5 Å². The van der Waals surface area contributed by atoms with Gasteiger partial charge in [0.1, 0.15) is 37.4 Å². The molecule has 0 radical (unpaired) electrons. The molecule has 0 aromatic heterocycles. The van der Waals surface area contributed by atoms with E-state index in [9.17, 15) is 43.5 Å². The molecule has 0 unspecified atom stereocenters. The smallest absolute Gasteiger partial charge is 0.305 e. The van der Waals surface area contributed by atoms with Crippen LogP contribution in [0, 0.1) is 5.41 Å². The largest absolute Gasteiger partial charge is 0.481 e. The summed E-state index contributed by atoms with van der Waals surface area (Å²) in [4.78, 5) is 103. The summed E-state index contributed by atoms with van der Waals surface area (Å²) in [7, 11) is 0. The Morgan fingerprint density at radius 2 is 1.19 bits per heavy atom. The van der Waals surface area contributed by atoms with Gasteiger partial charge >= 0.3 is 5.97 Å². The number of aliphatic carboxylic acids is 1. The number of carbonyl (C=O) groups excluding carboxylic acids is 7. The van der Waals surface area contributed by atoms with Crippen LogP contribution < -0.4 is 54.0 Å². The van der Waals surface area contributed by atoms with Crippen LogP contribution in [0.2, 0.25) is 0 Å². The molecule has 24 nitrogen and oxygen atoms in total. The zero-order valence-electron chi connectivity index (χ0n) is 35.3. The fraction of sp³-hybridized carbons (Fsp3) is 0.615. The lowest BCUT2D eigenvalue weighted by atomic mass is 10.0. The van der Waals surface area contributed by atoms with Gasteiger partial charge in [-0.2, -0.15) is 0 Å². The van der Waals surface area contributed by atoms with Crippen LogP contribution in [0.3, 0.4) is 0 Å². The zero-order valence-corrected chi connectivity index (χ0v) is 35.3. The predicted molar refractivity (Wildman–Crippen MR) is 224 cm³/mol. The SMILES string of the molecule is N=C(N)NCCC[C@@H]1NC(=O)[C@H](CCCCNC(=O)COCCOCCNC(=O)COCCOCCN)NC(=O)[C@H](Cc2ccccc2)NC(=O)[C@H](CC(=O)O)NC(=O)CNC1=O. The van der Waals surface area contributed by atoms with E-state index in [0.717, 1.165) is 0 Å². The van der Waals surface area contributed by atoms with Crippen molar-refractivity contribution < 1.29 is 62.4 Å². The van der Waals surface area contributed by atoms with Crippen molar-refractivity contribution in [3.8, 4) is 0 Å². The molecule has 1 saturated heterocycles. The van der Waals surface area contributed by atoms with Crippen molar-refractivity contribution in [2.75, 3.05) is 85.6 Å². The lowest BCUT2D eigenvalue weighted by molar-refractivity contribution is -0.141. The first kappa shape index (κ1) is 53.2. The molecule has 352 valence electrons. The topological polar surface area (TPSA) is 366 Å². The third-order valence-corrected chi connectivity index (χ3v) is 8.90. The highest BCUT2D eigenvalue weighted by atomic mass is 16.5. The summed E-state index contributed by atoms with van der Waals surface area (Å²) in [5.41, 5.74) is 11.3. The number of nitrogens with one attached hydrogen (secondary N) is 9. The summed E-state index contributed by atoms with van der Waals surface area (Å²) < 4.78 is 21.1. The van der Waals surface area contributed by atoms with Gasteiger partial charge in [-0.05, 0) is 37.7 Å². The number of carboxylic acids is 1. The summed E-state index contributed by atoms with van der Waals surface area (Å²) in [5.74, 6) is -6.60. The number of nitrogens with two attached hydrogens (primary N) is 2. The lowest BCUT2D eigenvalue weighted by Crippen LogP contribution is -2.58. The van der Waals surface area contributed by atoms with E-state index in [1.807, 2.05) is 0 Å². The molecule has 1 aliphatic rings. The molecule has 1 aromatic rings. The first-order valence-corrected chi connectivity index (χ1v) is 20.6. The monoisotopic (exact) mass is 893 g/mol. The van der Waals surface area contributed by atoms with Gasteiger partial charge in [0, 0.05) is 32.6 Å². The Morgan fingerprint density at radius 3 is 1.83 bits per heavy atom. The summed E-state index contributed by atoms with van der Waals surface area (Å²) in [6.45, 7) is 1.57. The second kappa shape index (κ2) is 31.8. The number of ether oxygens (including phenoxy) is 4. The number of unbranched alkanes of at least 4 members (excludes halogenated alkanes) is 1. The van der Waals surface area contributed by atoms with E-state index in [4.69, 9.17) is 35.8 Å². The molecule has 7 amide bonds. The van der Waals surface area contributed by atoms with Crippen LogP contribution in [-0.4, -0.2) is 168 Å². The van der Waals surface area contributed by atoms with Gasteiger partial charge in [-0.15, -0.1) is 0 Å². The first-order valence-electron chi connectivity index (χ1n) is 20.6. The van der Waals surface area contributed by atoms with Crippen molar-refractivity contribution in [1.29, 1.82) is 5.41 Å². The van der Waals surface area contributed by atoms with E-state index in [0.29, 0.717) is 38.2 Å². The minimum Gasteiger partial charge on any atom is -0.481 e. The van der Waals surface area contributed by atoms with E-state index in [-0.39, 0.29) is 96.8 Å². The molecule has 0 bridgehead atoms. The maximum absolute atomic E-state index is 13.9. The van der Waals surface area contributed by atoms with Crippen LogP contribution in [0.5, 0.6) is 0 Å². The van der Waals surface area contributed by atoms with E-state index < -0.39 is 78.5 Å². The molecular formula is C39H63N11O13.